The molecule has 2 fully saturated rings. The van der Waals surface area contributed by atoms with E-state index in [1.807, 2.05) is 55.5 Å². The molecule has 2 amide bonds. The van der Waals surface area contributed by atoms with Gasteiger partial charge in [0.1, 0.15) is 11.5 Å². The number of carboxylic acid groups (broad SMARTS) is 1. The third-order valence-electron chi connectivity index (χ3n) is 8.01. The van der Waals surface area contributed by atoms with Crippen molar-refractivity contribution in [3.8, 4) is 11.5 Å². The number of rotatable bonds is 9. The van der Waals surface area contributed by atoms with Crippen molar-refractivity contribution < 1.29 is 29.6 Å². The van der Waals surface area contributed by atoms with Crippen LogP contribution in [0.4, 0.5) is 4.79 Å². The fraction of sp³-hybridized carbons (Fsp3) is 0.517. The maximum absolute atomic E-state index is 13.4. The Balaban J connectivity index is 1.61. The third-order valence-corrected chi connectivity index (χ3v) is 8.01. The number of hydrogen-bond acceptors (Lipinski definition) is 6. The van der Waals surface area contributed by atoms with Crippen molar-refractivity contribution >= 4 is 12.0 Å². The van der Waals surface area contributed by atoms with E-state index in [9.17, 15) is 19.8 Å². The number of benzene rings is 2. The van der Waals surface area contributed by atoms with Gasteiger partial charge in [-0.25, -0.2) is 4.79 Å². The molecule has 6 N–H and O–H groups in total. The van der Waals surface area contributed by atoms with E-state index in [0.29, 0.717) is 62.3 Å². The summed E-state index contributed by atoms with van der Waals surface area (Å²) in [6, 6.07) is 14.7. The van der Waals surface area contributed by atoms with Gasteiger partial charge in [0, 0.05) is 43.1 Å². The van der Waals surface area contributed by atoms with Crippen molar-refractivity contribution in [2.75, 3.05) is 19.6 Å². The molecule has 0 radical (unpaired) electrons. The predicted molar refractivity (Wildman–Crippen MR) is 143 cm³/mol. The van der Waals surface area contributed by atoms with Crippen LogP contribution in [0, 0.1) is 18.8 Å². The minimum atomic E-state index is -1.36. The standard InChI is InChI=1S/C29H39N3O6/c1-19-8-2-4-11-25(19)38-26-12-5-3-10-22(26)29(37,13-7-14-31-28(35)36)21-9-6-15-32(18-21)27(34)20-16-23(30)24(33)17-20/h2-5,8,10-12,20-21,23-24,31,33,37H,6-7,9,13-18,30H2,1H3,(H,35,36)/t20-,21+,23+,24-,29-/m0/s1. The average Bonchev–Trinajstić information content (AvgIpc) is 3.25. The molecule has 206 valence electrons. The molecule has 2 aromatic rings. The quantitative estimate of drug-likeness (QED) is 0.316. The van der Waals surface area contributed by atoms with E-state index in [1.165, 1.54) is 0 Å². The molecule has 38 heavy (non-hydrogen) atoms. The van der Waals surface area contributed by atoms with Crippen molar-refractivity contribution in [2.45, 2.75) is 63.2 Å². The second-order valence-electron chi connectivity index (χ2n) is 10.6. The van der Waals surface area contributed by atoms with Gasteiger partial charge in [0.15, 0.2) is 0 Å². The van der Waals surface area contributed by atoms with E-state index < -0.39 is 23.8 Å². The van der Waals surface area contributed by atoms with Gasteiger partial charge >= 0.3 is 6.09 Å². The number of hydrogen-bond donors (Lipinski definition) is 5. The zero-order valence-corrected chi connectivity index (χ0v) is 21.9. The molecule has 1 saturated heterocycles. The highest BCUT2D eigenvalue weighted by atomic mass is 16.5. The Bertz CT molecular complexity index is 1120. The fourth-order valence-electron chi connectivity index (χ4n) is 5.89. The molecule has 0 aromatic heterocycles. The molecule has 5 atom stereocenters. The van der Waals surface area contributed by atoms with Gasteiger partial charge in [-0.2, -0.15) is 0 Å². The summed E-state index contributed by atoms with van der Waals surface area (Å²) in [4.78, 5) is 26.2. The van der Waals surface area contributed by atoms with Crippen LogP contribution in [0.1, 0.15) is 49.7 Å². The van der Waals surface area contributed by atoms with E-state index in [-0.39, 0.29) is 24.3 Å². The van der Waals surface area contributed by atoms with Crippen LogP contribution in [0.25, 0.3) is 0 Å². The SMILES string of the molecule is Cc1ccccc1Oc1ccccc1[C@](O)(CCCNC(=O)O)[C@@H]1CCCN(C(=O)[C@H]2C[C@@H](N)[C@@H](O)C2)C1. The Morgan fingerprint density at radius 3 is 2.53 bits per heavy atom. The van der Waals surface area contributed by atoms with Gasteiger partial charge in [0.05, 0.1) is 11.7 Å². The number of likely N-dealkylation sites (tertiary alicyclic amines) is 1. The van der Waals surface area contributed by atoms with E-state index in [1.54, 1.807) is 4.90 Å². The van der Waals surface area contributed by atoms with Crippen molar-refractivity contribution in [1.82, 2.24) is 10.2 Å². The van der Waals surface area contributed by atoms with Crippen molar-refractivity contribution in [3.63, 3.8) is 0 Å². The lowest BCUT2D eigenvalue weighted by atomic mass is 9.73. The first kappa shape index (κ1) is 27.9. The Kier molecular flexibility index (Phi) is 8.91. The van der Waals surface area contributed by atoms with Gasteiger partial charge in [-0.3, -0.25) is 4.79 Å². The number of para-hydroxylation sites is 2. The van der Waals surface area contributed by atoms with Crippen LogP contribution in [-0.2, 0) is 10.4 Å². The molecule has 2 aliphatic rings. The van der Waals surface area contributed by atoms with E-state index in [2.05, 4.69) is 5.32 Å². The molecule has 0 unspecified atom stereocenters. The molecule has 0 bridgehead atoms. The Morgan fingerprint density at radius 1 is 1.13 bits per heavy atom. The number of nitrogens with one attached hydrogen (secondary N) is 1. The molecule has 1 aliphatic carbocycles. The highest BCUT2D eigenvalue weighted by Gasteiger charge is 2.44. The summed E-state index contributed by atoms with van der Waals surface area (Å²) in [5.74, 6) is 0.589. The highest BCUT2D eigenvalue weighted by molar-refractivity contribution is 5.79. The van der Waals surface area contributed by atoms with Crippen molar-refractivity contribution in [2.24, 2.45) is 17.6 Å². The van der Waals surface area contributed by atoms with E-state index >= 15 is 0 Å². The lowest BCUT2D eigenvalue weighted by Gasteiger charge is -2.44. The van der Waals surface area contributed by atoms with Gasteiger partial charge in [0.2, 0.25) is 5.91 Å². The summed E-state index contributed by atoms with van der Waals surface area (Å²) in [5, 5.41) is 33.9. The number of nitrogens with zero attached hydrogens (tertiary/aromatic N) is 1. The first-order valence-electron chi connectivity index (χ1n) is 13.4. The summed E-state index contributed by atoms with van der Waals surface area (Å²) < 4.78 is 6.31. The normalized spacial score (nSPS) is 25.0. The molecule has 9 nitrogen and oxygen atoms in total. The molecule has 4 rings (SSSR count). The fourth-order valence-corrected chi connectivity index (χ4v) is 5.89. The van der Waals surface area contributed by atoms with Gasteiger partial charge in [-0.05, 0) is 63.1 Å². The number of amides is 2. The summed E-state index contributed by atoms with van der Waals surface area (Å²) in [5.41, 5.74) is 6.19. The third kappa shape index (κ3) is 6.28. The minimum Gasteiger partial charge on any atom is -0.465 e. The Labute approximate surface area is 223 Å². The molecule has 2 aromatic carbocycles. The topological polar surface area (TPSA) is 145 Å². The maximum Gasteiger partial charge on any atom is 0.404 e. The lowest BCUT2D eigenvalue weighted by molar-refractivity contribution is -0.141. The first-order valence-corrected chi connectivity index (χ1v) is 13.4. The van der Waals surface area contributed by atoms with Crippen LogP contribution in [0.2, 0.25) is 0 Å². The molecule has 0 spiro atoms. The van der Waals surface area contributed by atoms with E-state index in [0.717, 1.165) is 12.0 Å². The van der Waals surface area contributed by atoms with E-state index in [4.69, 9.17) is 15.6 Å². The summed E-state index contributed by atoms with van der Waals surface area (Å²) in [6.45, 7) is 3.11. The monoisotopic (exact) mass is 525 g/mol. The van der Waals surface area contributed by atoms with Crippen LogP contribution >= 0.6 is 0 Å². The number of aryl methyl sites for hydroxylation is 1. The van der Waals surface area contributed by atoms with Crippen molar-refractivity contribution in [1.29, 1.82) is 0 Å². The van der Waals surface area contributed by atoms with Crippen LogP contribution < -0.4 is 15.8 Å². The molecule has 1 aliphatic heterocycles. The summed E-state index contributed by atoms with van der Waals surface area (Å²) >= 11 is 0. The summed E-state index contributed by atoms with van der Waals surface area (Å²) in [7, 11) is 0. The number of aliphatic hydroxyl groups is 2. The molecule has 1 heterocycles. The number of aliphatic hydroxyl groups excluding tert-OH is 1. The Morgan fingerprint density at radius 2 is 1.84 bits per heavy atom. The second kappa shape index (κ2) is 12.1. The molecular weight excluding hydrogens is 486 g/mol. The maximum atomic E-state index is 13.4. The molecule has 1 saturated carbocycles. The number of piperidine rings is 1. The summed E-state index contributed by atoms with van der Waals surface area (Å²) in [6.07, 6.45) is 1.18. The van der Waals surface area contributed by atoms with Crippen molar-refractivity contribution in [3.05, 3.63) is 59.7 Å². The van der Waals surface area contributed by atoms with Crippen LogP contribution in [0.15, 0.2) is 48.5 Å². The van der Waals surface area contributed by atoms with Gasteiger partial charge in [0.25, 0.3) is 0 Å². The lowest BCUT2D eigenvalue weighted by Crippen LogP contribution is -2.49. The largest absolute Gasteiger partial charge is 0.465 e. The average molecular weight is 526 g/mol. The first-order chi connectivity index (χ1) is 18.2. The zero-order valence-electron chi connectivity index (χ0n) is 21.9. The van der Waals surface area contributed by atoms with Crippen LogP contribution in [0.3, 0.4) is 0 Å². The minimum absolute atomic E-state index is 0.0268. The molecule has 9 heteroatoms. The zero-order chi connectivity index (χ0) is 27.3. The number of ether oxygens (including phenoxy) is 1. The number of carbonyl (C=O) groups is 2. The van der Waals surface area contributed by atoms with Crippen LogP contribution in [0.5, 0.6) is 11.5 Å². The molecular formula is C29H39N3O6. The second-order valence-corrected chi connectivity index (χ2v) is 10.6. The number of carbonyl (C=O) groups excluding carboxylic acids is 1. The highest BCUT2D eigenvalue weighted by Crippen LogP contribution is 2.44. The predicted octanol–water partition coefficient (Wildman–Crippen LogP) is 3.36. The van der Waals surface area contributed by atoms with Gasteiger partial charge in [-0.15, -0.1) is 0 Å². The number of nitrogens with two attached hydrogens (primary N) is 1. The van der Waals surface area contributed by atoms with Gasteiger partial charge in [-0.1, -0.05) is 36.4 Å². The van der Waals surface area contributed by atoms with Gasteiger partial charge < -0.3 is 36.0 Å². The smallest absolute Gasteiger partial charge is 0.404 e. The van der Waals surface area contributed by atoms with Crippen LogP contribution in [-0.4, -0.2) is 64.0 Å². The Hall–Kier alpha value is -3.14.